The summed E-state index contributed by atoms with van der Waals surface area (Å²) >= 11 is 3.21. The highest BCUT2D eigenvalue weighted by Gasteiger charge is 2.24. The van der Waals surface area contributed by atoms with Crippen molar-refractivity contribution in [2.75, 3.05) is 18.9 Å². The average molecular weight is 366 g/mol. The second-order valence-electron chi connectivity index (χ2n) is 5.42. The molecule has 0 aliphatic carbocycles. The number of nitrogens with two attached hydrogens (primary N) is 1. The maximum atomic E-state index is 13.7. The Bertz CT molecular complexity index is 903. The minimum atomic E-state index is -0.397. The standard InChI is InChI=1S/C15H13BrFN3O2/c16-12-9(17)2-1-8-13(18)11-10(19-14(8)12)5-20(15(11)21)7-3-4-22-6-7/h1-2,5,7,21H,3-4,6,18H2/t7-/m1/s1. The number of hydrogen-bond acceptors (Lipinski definition) is 4. The van der Waals surface area contributed by atoms with Crippen LogP contribution in [0.15, 0.2) is 22.8 Å². The third-order valence-electron chi connectivity index (χ3n) is 4.15. The molecular formula is C15H13BrFN3O2. The summed E-state index contributed by atoms with van der Waals surface area (Å²) in [4.78, 5) is 4.46. The van der Waals surface area contributed by atoms with Gasteiger partial charge in [-0.15, -0.1) is 0 Å². The zero-order chi connectivity index (χ0) is 15.4. The van der Waals surface area contributed by atoms with Gasteiger partial charge < -0.3 is 20.1 Å². The van der Waals surface area contributed by atoms with Gasteiger partial charge in [0.1, 0.15) is 5.82 Å². The maximum Gasteiger partial charge on any atom is 0.203 e. The van der Waals surface area contributed by atoms with E-state index in [2.05, 4.69) is 20.9 Å². The van der Waals surface area contributed by atoms with Gasteiger partial charge in [-0.2, -0.15) is 0 Å². The number of nitrogens with zero attached hydrogens (tertiary/aromatic N) is 2. The number of fused-ring (bicyclic) bond motifs is 2. The summed E-state index contributed by atoms with van der Waals surface area (Å²) in [6.07, 6.45) is 2.57. The van der Waals surface area contributed by atoms with Gasteiger partial charge in [-0.25, -0.2) is 9.37 Å². The number of ether oxygens (including phenoxy) is 1. The molecule has 0 bridgehead atoms. The van der Waals surface area contributed by atoms with Gasteiger partial charge in [0.15, 0.2) is 0 Å². The number of aromatic hydroxyl groups is 1. The van der Waals surface area contributed by atoms with Crippen LogP contribution in [0.2, 0.25) is 0 Å². The Labute approximate surface area is 133 Å². The molecule has 5 nitrogen and oxygen atoms in total. The monoisotopic (exact) mass is 365 g/mol. The van der Waals surface area contributed by atoms with Gasteiger partial charge in [0.2, 0.25) is 5.88 Å². The molecule has 0 amide bonds. The van der Waals surface area contributed by atoms with Crippen LogP contribution in [0.25, 0.3) is 21.8 Å². The van der Waals surface area contributed by atoms with E-state index >= 15 is 0 Å². The number of rotatable bonds is 1. The summed E-state index contributed by atoms with van der Waals surface area (Å²) in [6, 6.07) is 2.97. The minimum absolute atomic E-state index is 0.0666. The van der Waals surface area contributed by atoms with Crippen LogP contribution in [0.4, 0.5) is 10.1 Å². The molecular weight excluding hydrogens is 353 g/mol. The Morgan fingerprint density at radius 3 is 3.00 bits per heavy atom. The number of anilines is 1. The summed E-state index contributed by atoms with van der Waals surface area (Å²) in [7, 11) is 0. The molecule has 3 heterocycles. The highest BCUT2D eigenvalue weighted by Crippen LogP contribution is 2.40. The molecule has 1 fully saturated rings. The first-order chi connectivity index (χ1) is 10.6. The predicted molar refractivity (Wildman–Crippen MR) is 85.4 cm³/mol. The molecule has 22 heavy (non-hydrogen) atoms. The molecule has 4 rings (SSSR count). The van der Waals surface area contributed by atoms with Crippen LogP contribution >= 0.6 is 15.9 Å². The number of pyridine rings is 1. The van der Waals surface area contributed by atoms with Crippen molar-refractivity contribution in [3.05, 3.63) is 28.6 Å². The Morgan fingerprint density at radius 1 is 1.45 bits per heavy atom. The fourth-order valence-electron chi connectivity index (χ4n) is 2.99. The SMILES string of the molecule is Nc1c2ccc(F)c(Br)c2nc2cn([C@@H]3CCOC3)c(O)c12. The van der Waals surface area contributed by atoms with Crippen LogP contribution in [0.5, 0.6) is 5.88 Å². The van der Waals surface area contributed by atoms with Crippen molar-refractivity contribution in [1.82, 2.24) is 9.55 Å². The molecule has 0 saturated carbocycles. The molecule has 1 aromatic carbocycles. The van der Waals surface area contributed by atoms with Crippen LogP contribution in [0.3, 0.4) is 0 Å². The largest absolute Gasteiger partial charge is 0.494 e. The number of benzene rings is 1. The van der Waals surface area contributed by atoms with Crippen molar-refractivity contribution < 1.29 is 14.2 Å². The fraction of sp³-hybridized carbons (Fsp3) is 0.267. The Hall–Kier alpha value is -1.86. The highest BCUT2D eigenvalue weighted by molar-refractivity contribution is 9.10. The van der Waals surface area contributed by atoms with Crippen LogP contribution in [-0.2, 0) is 4.74 Å². The van der Waals surface area contributed by atoms with E-state index in [0.717, 1.165) is 6.42 Å². The second kappa shape index (κ2) is 4.82. The van der Waals surface area contributed by atoms with Gasteiger partial charge in [0, 0.05) is 18.2 Å². The molecule has 1 aliphatic rings. The first-order valence-electron chi connectivity index (χ1n) is 6.92. The molecule has 1 saturated heterocycles. The zero-order valence-corrected chi connectivity index (χ0v) is 13.1. The number of aromatic nitrogens is 2. The fourth-order valence-corrected chi connectivity index (χ4v) is 3.42. The molecule has 1 aliphatic heterocycles. The molecule has 2 aromatic heterocycles. The van der Waals surface area contributed by atoms with Crippen molar-refractivity contribution in [3.63, 3.8) is 0 Å². The van der Waals surface area contributed by atoms with E-state index in [0.29, 0.717) is 40.7 Å². The third kappa shape index (κ3) is 1.82. The van der Waals surface area contributed by atoms with Gasteiger partial charge >= 0.3 is 0 Å². The molecule has 1 atom stereocenters. The molecule has 0 unspecified atom stereocenters. The summed E-state index contributed by atoms with van der Waals surface area (Å²) < 4.78 is 21.1. The normalized spacial score (nSPS) is 18.5. The Kier molecular flexibility index (Phi) is 3.02. The lowest BCUT2D eigenvalue weighted by Gasteiger charge is -2.11. The van der Waals surface area contributed by atoms with Gasteiger partial charge in [0.25, 0.3) is 0 Å². The highest BCUT2D eigenvalue weighted by atomic mass is 79.9. The topological polar surface area (TPSA) is 73.3 Å². The molecule has 0 spiro atoms. The van der Waals surface area contributed by atoms with E-state index in [1.54, 1.807) is 16.8 Å². The molecule has 3 aromatic rings. The lowest BCUT2D eigenvalue weighted by molar-refractivity contribution is 0.185. The molecule has 114 valence electrons. The van der Waals surface area contributed by atoms with E-state index in [-0.39, 0.29) is 16.4 Å². The molecule has 3 N–H and O–H groups in total. The smallest absolute Gasteiger partial charge is 0.203 e. The number of hydrogen-bond donors (Lipinski definition) is 2. The number of halogens is 2. The third-order valence-corrected chi connectivity index (χ3v) is 4.90. The first kappa shape index (κ1) is 13.8. The van der Waals surface area contributed by atoms with Crippen LogP contribution in [0.1, 0.15) is 12.5 Å². The van der Waals surface area contributed by atoms with E-state index in [4.69, 9.17) is 10.5 Å². The lowest BCUT2D eigenvalue weighted by atomic mass is 10.1. The molecule has 7 heteroatoms. The zero-order valence-electron chi connectivity index (χ0n) is 11.5. The van der Waals surface area contributed by atoms with E-state index < -0.39 is 5.82 Å². The summed E-state index contributed by atoms with van der Waals surface area (Å²) in [5.74, 6) is -0.315. The van der Waals surface area contributed by atoms with Crippen LogP contribution < -0.4 is 5.73 Å². The molecule has 0 radical (unpaired) electrons. The van der Waals surface area contributed by atoms with Crippen molar-refractivity contribution in [1.29, 1.82) is 0 Å². The van der Waals surface area contributed by atoms with Gasteiger partial charge in [-0.05, 0) is 34.5 Å². The minimum Gasteiger partial charge on any atom is -0.494 e. The summed E-state index contributed by atoms with van der Waals surface area (Å²) in [6.45, 7) is 1.21. The Morgan fingerprint density at radius 2 is 2.27 bits per heavy atom. The van der Waals surface area contributed by atoms with Gasteiger partial charge in [-0.3, -0.25) is 0 Å². The average Bonchev–Trinajstić information content (AvgIpc) is 3.12. The van der Waals surface area contributed by atoms with Crippen LogP contribution in [-0.4, -0.2) is 27.9 Å². The first-order valence-corrected chi connectivity index (χ1v) is 7.71. The quantitative estimate of drug-likeness (QED) is 0.693. The number of nitrogen functional groups attached to an aromatic ring is 1. The van der Waals surface area contributed by atoms with Crippen molar-refractivity contribution in [2.24, 2.45) is 0 Å². The van der Waals surface area contributed by atoms with E-state index in [9.17, 15) is 9.50 Å². The van der Waals surface area contributed by atoms with Crippen molar-refractivity contribution in [3.8, 4) is 5.88 Å². The van der Waals surface area contributed by atoms with Gasteiger partial charge in [0.05, 0.1) is 39.2 Å². The second-order valence-corrected chi connectivity index (χ2v) is 6.21. The maximum absolute atomic E-state index is 13.7. The van der Waals surface area contributed by atoms with E-state index in [1.807, 2.05) is 0 Å². The summed E-state index contributed by atoms with van der Waals surface area (Å²) in [5.41, 5.74) is 7.59. The Balaban J connectivity index is 2.06. The van der Waals surface area contributed by atoms with E-state index in [1.165, 1.54) is 6.07 Å². The lowest BCUT2D eigenvalue weighted by Crippen LogP contribution is -2.06. The van der Waals surface area contributed by atoms with Crippen molar-refractivity contribution >= 4 is 43.4 Å². The van der Waals surface area contributed by atoms with Gasteiger partial charge in [-0.1, -0.05) is 0 Å². The van der Waals surface area contributed by atoms with Crippen LogP contribution in [0, 0.1) is 5.82 Å². The summed E-state index contributed by atoms with van der Waals surface area (Å²) in [5, 5.41) is 11.6. The van der Waals surface area contributed by atoms with Crippen molar-refractivity contribution in [2.45, 2.75) is 12.5 Å². The predicted octanol–water partition coefficient (Wildman–Crippen LogP) is 3.34.